The van der Waals surface area contributed by atoms with Crippen LogP contribution in [0.3, 0.4) is 0 Å². The zero-order valence-electron chi connectivity index (χ0n) is 14.1. The van der Waals surface area contributed by atoms with Crippen LogP contribution >= 0.6 is 0 Å². The molecule has 0 amide bonds. The molecule has 0 aliphatic carbocycles. The second-order valence-corrected chi connectivity index (χ2v) is 5.21. The minimum atomic E-state index is -5.29. The van der Waals surface area contributed by atoms with Crippen molar-refractivity contribution < 1.29 is 46.9 Å². The number of nitrogens with zero attached hydrogens (tertiary/aromatic N) is 1. The van der Waals surface area contributed by atoms with Crippen molar-refractivity contribution >= 4 is 23.4 Å². The molecule has 2 rings (SSSR count). The molecule has 1 aromatic carbocycles. The highest BCUT2D eigenvalue weighted by atomic mass is 19.4. The molecule has 0 radical (unpaired) electrons. The van der Waals surface area contributed by atoms with E-state index in [9.17, 15) is 32.7 Å². The number of phenols is 1. The van der Waals surface area contributed by atoms with Gasteiger partial charge < -0.3 is 24.2 Å². The Kier molecular flexibility index (Phi) is 5.74. The molecule has 11 heteroatoms. The third-order valence-electron chi connectivity index (χ3n) is 3.63. The van der Waals surface area contributed by atoms with Gasteiger partial charge in [0.2, 0.25) is 0 Å². The summed E-state index contributed by atoms with van der Waals surface area (Å²) >= 11 is 0. The lowest BCUT2D eigenvalue weighted by Gasteiger charge is -2.32. The number of ketones is 1. The number of hydrogen-bond donors (Lipinski definition) is 1. The number of halogens is 3. The molecule has 1 aromatic rings. The number of hydrogen-bond acceptors (Lipinski definition) is 8. The third-order valence-corrected chi connectivity index (χ3v) is 3.63. The Bertz CT molecular complexity index is 817. The van der Waals surface area contributed by atoms with Crippen LogP contribution in [0, 0.1) is 0 Å². The molecule has 0 saturated carbocycles. The summed E-state index contributed by atoms with van der Waals surface area (Å²) < 4.78 is 53.1. The summed E-state index contributed by atoms with van der Waals surface area (Å²) in [7, 11) is 2.04. The van der Waals surface area contributed by atoms with Crippen LogP contribution in [0.25, 0.3) is 0 Å². The minimum Gasteiger partial charge on any atom is -0.507 e. The fourth-order valence-electron chi connectivity index (χ4n) is 2.46. The lowest BCUT2D eigenvalue weighted by Crippen LogP contribution is -2.40. The number of carbonyl (C=O) groups is 3. The molecule has 1 aliphatic heterocycles. The van der Waals surface area contributed by atoms with Crippen molar-refractivity contribution in [3.8, 4) is 5.75 Å². The Labute approximate surface area is 150 Å². The lowest BCUT2D eigenvalue weighted by atomic mass is 10.0. The van der Waals surface area contributed by atoms with E-state index in [-0.39, 0.29) is 12.2 Å². The van der Waals surface area contributed by atoms with Gasteiger partial charge in [0.15, 0.2) is 0 Å². The average Bonchev–Trinajstić information content (AvgIpc) is 2.64. The molecule has 0 aromatic heterocycles. The van der Waals surface area contributed by atoms with E-state index in [1.807, 2.05) is 0 Å². The Morgan fingerprint density at radius 1 is 1.15 bits per heavy atom. The Hall–Kier alpha value is -3.08. The van der Waals surface area contributed by atoms with Gasteiger partial charge in [-0.15, -0.1) is 0 Å². The van der Waals surface area contributed by atoms with E-state index < -0.39 is 53.3 Å². The van der Waals surface area contributed by atoms with Crippen molar-refractivity contribution in [2.75, 3.05) is 32.5 Å². The van der Waals surface area contributed by atoms with Crippen LogP contribution in [0.2, 0.25) is 0 Å². The SMILES string of the molecule is COC(=O)C1=C(C(=O)OC)N(c2cccc(O)c2C(=O)C(F)(F)F)COC1. The fraction of sp³-hybridized carbons (Fsp3) is 0.312. The molecule has 0 saturated heterocycles. The van der Waals surface area contributed by atoms with Crippen molar-refractivity contribution in [2.45, 2.75) is 6.18 Å². The number of phenolic OH excluding ortho intramolecular Hbond substituents is 1. The van der Waals surface area contributed by atoms with Gasteiger partial charge in [0.1, 0.15) is 18.2 Å². The molecular formula is C16H14F3NO7. The monoisotopic (exact) mass is 389 g/mol. The zero-order chi connectivity index (χ0) is 20.4. The van der Waals surface area contributed by atoms with Crippen molar-refractivity contribution in [3.05, 3.63) is 35.0 Å². The van der Waals surface area contributed by atoms with E-state index in [4.69, 9.17) is 4.74 Å². The van der Waals surface area contributed by atoms with Gasteiger partial charge in [-0.1, -0.05) is 6.07 Å². The van der Waals surface area contributed by atoms with Crippen LogP contribution in [0.1, 0.15) is 10.4 Å². The number of methoxy groups -OCH3 is 2. The van der Waals surface area contributed by atoms with Crippen LogP contribution in [0.15, 0.2) is 29.5 Å². The van der Waals surface area contributed by atoms with E-state index >= 15 is 0 Å². The third kappa shape index (κ3) is 3.87. The van der Waals surface area contributed by atoms with Crippen LogP contribution in [-0.4, -0.2) is 56.6 Å². The molecule has 0 atom stereocenters. The first kappa shape index (κ1) is 20.2. The average molecular weight is 389 g/mol. The first-order valence-electron chi connectivity index (χ1n) is 7.32. The van der Waals surface area contributed by atoms with Crippen LogP contribution in [0.4, 0.5) is 18.9 Å². The number of aromatic hydroxyl groups is 1. The summed E-state index contributed by atoms with van der Waals surface area (Å²) in [6, 6.07) is 3.11. The Morgan fingerprint density at radius 2 is 1.78 bits per heavy atom. The van der Waals surface area contributed by atoms with Crippen LogP contribution < -0.4 is 4.90 Å². The number of rotatable bonds is 4. The first-order valence-corrected chi connectivity index (χ1v) is 7.32. The van der Waals surface area contributed by atoms with Crippen molar-refractivity contribution in [1.82, 2.24) is 0 Å². The van der Waals surface area contributed by atoms with Crippen molar-refractivity contribution in [2.24, 2.45) is 0 Å². The van der Waals surface area contributed by atoms with Crippen molar-refractivity contribution in [1.29, 1.82) is 0 Å². The van der Waals surface area contributed by atoms with Gasteiger partial charge in [0.05, 0.1) is 37.7 Å². The van der Waals surface area contributed by atoms with Gasteiger partial charge in [-0.2, -0.15) is 13.2 Å². The van der Waals surface area contributed by atoms with E-state index in [1.54, 1.807) is 0 Å². The van der Waals surface area contributed by atoms with Crippen LogP contribution in [-0.2, 0) is 23.8 Å². The van der Waals surface area contributed by atoms with E-state index in [0.29, 0.717) is 0 Å². The topological polar surface area (TPSA) is 102 Å². The molecule has 0 unspecified atom stereocenters. The maximum Gasteiger partial charge on any atom is 0.455 e. The maximum absolute atomic E-state index is 13.0. The summed E-state index contributed by atoms with van der Waals surface area (Å²) in [5.74, 6) is -5.31. The summed E-state index contributed by atoms with van der Waals surface area (Å²) in [6.07, 6.45) is -5.29. The number of alkyl halides is 3. The Morgan fingerprint density at radius 3 is 2.33 bits per heavy atom. The first-order chi connectivity index (χ1) is 12.6. The Balaban J connectivity index is 2.73. The predicted molar refractivity (Wildman–Crippen MR) is 82.8 cm³/mol. The molecule has 27 heavy (non-hydrogen) atoms. The quantitative estimate of drug-likeness (QED) is 0.611. The summed E-state index contributed by atoms with van der Waals surface area (Å²) in [5, 5.41) is 9.85. The largest absolute Gasteiger partial charge is 0.507 e. The van der Waals surface area contributed by atoms with Gasteiger partial charge in [0, 0.05) is 0 Å². The molecule has 146 valence electrons. The van der Waals surface area contributed by atoms with Gasteiger partial charge >= 0.3 is 18.1 Å². The molecule has 0 fully saturated rings. The molecule has 1 N–H and O–H groups in total. The number of carbonyl (C=O) groups excluding carboxylic acids is 3. The highest BCUT2D eigenvalue weighted by Gasteiger charge is 2.44. The second-order valence-electron chi connectivity index (χ2n) is 5.21. The molecular weight excluding hydrogens is 375 g/mol. The number of benzene rings is 1. The smallest absolute Gasteiger partial charge is 0.455 e. The van der Waals surface area contributed by atoms with Gasteiger partial charge in [0.25, 0.3) is 5.78 Å². The van der Waals surface area contributed by atoms with E-state index in [1.165, 1.54) is 6.07 Å². The normalized spacial score (nSPS) is 14.8. The van der Waals surface area contributed by atoms with Gasteiger partial charge in [-0.25, -0.2) is 9.59 Å². The molecule has 8 nitrogen and oxygen atoms in total. The van der Waals surface area contributed by atoms with E-state index in [2.05, 4.69) is 9.47 Å². The minimum absolute atomic E-state index is 0.315. The second kappa shape index (κ2) is 7.66. The summed E-state index contributed by atoms with van der Waals surface area (Å²) in [4.78, 5) is 36.7. The van der Waals surface area contributed by atoms with Gasteiger partial charge in [-0.3, -0.25) is 4.79 Å². The van der Waals surface area contributed by atoms with Gasteiger partial charge in [-0.05, 0) is 12.1 Å². The molecule has 0 bridgehead atoms. The highest BCUT2D eigenvalue weighted by molar-refractivity contribution is 6.09. The zero-order valence-corrected chi connectivity index (χ0v) is 14.1. The standard InChI is InChI=1S/C16H14F3NO7/c1-25-14(23)8-6-27-7-20(12(8)15(24)26-2)9-4-3-5-10(21)11(9)13(22)16(17,18)19/h3-5,21H,6-7H2,1-2H3. The number of Topliss-reactive ketones (excluding diaryl/α,β-unsaturated/α-hetero) is 1. The highest BCUT2D eigenvalue weighted by Crippen LogP contribution is 2.37. The molecule has 1 aliphatic rings. The summed E-state index contributed by atoms with van der Waals surface area (Å²) in [6.45, 7) is -0.846. The lowest BCUT2D eigenvalue weighted by molar-refractivity contribution is -0.140. The van der Waals surface area contributed by atoms with Crippen molar-refractivity contribution in [3.63, 3.8) is 0 Å². The predicted octanol–water partition coefficient (Wildman–Crippen LogP) is 1.53. The number of esters is 2. The summed E-state index contributed by atoms with van der Waals surface area (Å²) in [5.41, 5.74) is -2.36. The van der Waals surface area contributed by atoms with Crippen LogP contribution in [0.5, 0.6) is 5.75 Å². The molecule has 1 heterocycles. The number of anilines is 1. The number of ether oxygens (including phenoxy) is 3. The maximum atomic E-state index is 13.0. The van der Waals surface area contributed by atoms with E-state index in [0.717, 1.165) is 31.3 Å². The molecule has 0 spiro atoms. The fourth-order valence-corrected chi connectivity index (χ4v) is 2.46.